The van der Waals surface area contributed by atoms with Crippen LogP contribution in [0.2, 0.25) is 0 Å². The second-order valence-electron chi connectivity index (χ2n) is 5.76. The number of aromatic nitrogens is 2. The second kappa shape index (κ2) is 5.26. The van der Waals surface area contributed by atoms with Gasteiger partial charge in [0.2, 0.25) is 5.91 Å². The number of rotatable bonds is 3. The van der Waals surface area contributed by atoms with Crippen LogP contribution in [0, 0.1) is 5.92 Å². The van der Waals surface area contributed by atoms with Crippen molar-refractivity contribution in [2.75, 3.05) is 18.0 Å². The van der Waals surface area contributed by atoms with E-state index in [1.165, 1.54) is 10.9 Å². The Bertz CT molecular complexity index is 565. The first-order chi connectivity index (χ1) is 9.63. The van der Waals surface area contributed by atoms with Gasteiger partial charge in [-0.2, -0.15) is 0 Å². The van der Waals surface area contributed by atoms with Crippen LogP contribution in [0.1, 0.15) is 25.7 Å². The molecule has 2 fully saturated rings. The number of amides is 1. The number of nitrogens with one attached hydrogen (secondary N) is 1. The van der Waals surface area contributed by atoms with Crippen LogP contribution >= 0.6 is 0 Å². The summed E-state index contributed by atoms with van der Waals surface area (Å²) >= 11 is 0. The van der Waals surface area contributed by atoms with Crippen molar-refractivity contribution in [2.45, 2.75) is 31.7 Å². The Labute approximate surface area is 117 Å². The van der Waals surface area contributed by atoms with Crippen LogP contribution in [-0.2, 0) is 11.8 Å². The van der Waals surface area contributed by atoms with E-state index in [-0.39, 0.29) is 17.4 Å². The molecule has 0 spiro atoms. The van der Waals surface area contributed by atoms with Gasteiger partial charge in [-0.05, 0) is 25.7 Å². The number of carbonyl (C=O) groups is 1. The van der Waals surface area contributed by atoms with E-state index in [9.17, 15) is 9.59 Å². The Kier molecular flexibility index (Phi) is 3.46. The third kappa shape index (κ3) is 2.84. The Hall–Kier alpha value is -1.85. The summed E-state index contributed by atoms with van der Waals surface area (Å²) in [6.07, 6.45) is 5.63. The molecule has 1 saturated carbocycles. The molecule has 0 radical (unpaired) electrons. The molecule has 0 bridgehead atoms. The fourth-order valence-electron chi connectivity index (χ4n) is 2.57. The van der Waals surface area contributed by atoms with Crippen molar-refractivity contribution in [3.05, 3.63) is 22.7 Å². The number of aryl methyl sites for hydroxylation is 1. The third-order valence-corrected chi connectivity index (χ3v) is 4.00. The molecule has 1 aliphatic carbocycles. The topological polar surface area (TPSA) is 67.2 Å². The summed E-state index contributed by atoms with van der Waals surface area (Å²) in [4.78, 5) is 30.1. The van der Waals surface area contributed by atoms with Crippen molar-refractivity contribution in [1.29, 1.82) is 0 Å². The van der Waals surface area contributed by atoms with Crippen molar-refractivity contribution < 1.29 is 4.79 Å². The molecular weight excluding hydrogens is 256 g/mol. The van der Waals surface area contributed by atoms with Crippen molar-refractivity contribution in [3.63, 3.8) is 0 Å². The summed E-state index contributed by atoms with van der Waals surface area (Å²) in [6, 6.07) is 1.95. The smallest absolute Gasteiger partial charge is 0.255 e. The molecule has 1 N–H and O–H groups in total. The molecule has 6 nitrogen and oxygen atoms in total. The van der Waals surface area contributed by atoms with Gasteiger partial charge < -0.3 is 14.8 Å². The van der Waals surface area contributed by atoms with Gasteiger partial charge in [-0.25, -0.2) is 4.98 Å². The minimum Gasteiger partial charge on any atom is -0.356 e. The molecule has 0 aromatic carbocycles. The minimum absolute atomic E-state index is 0.00945. The van der Waals surface area contributed by atoms with Gasteiger partial charge in [-0.15, -0.1) is 0 Å². The number of nitrogens with zero attached hydrogens (tertiary/aromatic N) is 3. The highest BCUT2D eigenvalue weighted by molar-refractivity contribution is 5.80. The van der Waals surface area contributed by atoms with Gasteiger partial charge in [0.05, 0.1) is 12.2 Å². The Morgan fingerprint density at radius 3 is 2.90 bits per heavy atom. The number of hydrogen-bond donors (Lipinski definition) is 1. The molecule has 1 aliphatic heterocycles. The fraction of sp³-hybridized carbons (Fsp3) is 0.643. The number of carbonyl (C=O) groups excluding carboxylic acids is 1. The first kappa shape index (κ1) is 13.1. The van der Waals surface area contributed by atoms with Crippen LogP contribution in [0.15, 0.2) is 17.2 Å². The van der Waals surface area contributed by atoms with E-state index in [1.807, 2.05) is 4.90 Å². The standard InChI is InChI=1S/C14H20N4O2/c1-17-9-15-12(7-13(17)19)18-6-2-3-10(8-18)14(20)16-11-4-5-11/h7,9-11H,2-6,8H2,1H3,(H,16,20). The molecule has 1 aromatic rings. The maximum atomic E-state index is 12.1. The Morgan fingerprint density at radius 1 is 1.40 bits per heavy atom. The third-order valence-electron chi connectivity index (χ3n) is 4.00. The summed E-state index contributed by atoms with van der Waals surface area (Å²) in [7, 11) is 1.68. The molecule has 2 aliphatic rings. The van der Waals surface area contributed by atoms with Crippen LogP contribution in [0.3, 0.4) is 0 Å². The summed E-state index contributed by atoms with van der Waals surface area (Å²) in [6.45, 7) is 1.51. The molecule has 1 atom stereocenters. The lowest BCUT2D eigenvalue weighted by Gasteiger charge is -2.32. The average Bonchev–Trinajstić information content (AvgIpc) is 3.26. The van der Waals surface area contributed by atoms with E-state index in [4.69, 9.17) is 0 Å². The molecule has 3 rings (SSSR count). The molecule has 20 heavy (non-hydrogen) atoms. The number of hydrogen-bond acceptors (Lipinski definition) is 4. The molecule has 108 valence electrons. The summed E-state index contributed by atoms with van der Waals surface area (Å²) < 4.78 is 1.45. The highest BCUT2D eigenvalue weighted by Crippen LogP contribution is 2.23. The summed E-state index contributed by atoms with van der Waals surface area (Å²) in [5, 5.41) is 3.06. The number of piperidine rings is 1. The van der Waals surface area contributed by atoms with Crippen LogP contribution in [0.5, 0.6) is 0 Å². The van der Waals surface area contributed by atoms with E-state index < -0.39 is 0 Å². The molecule has 6 heteroatoms. The molecule has 1 unspecified atom stereocenters. The highest BCUT2D eigenvalue weighted by atomic mass is 16.2. The lowest BCUT2D eigenvalue weighted by atomic mass is 9.97. The predicted molar refractivity (Wildman–Crippen MR) is 75.6 cm³/mol. The van der Waals surface area contributed by atoms with E-state index in [1.54, 1.807) is 13.1 Å². The fourth-order valence-corrected chi connectivity index (χ4v) is 2.57. The van der Waals surface area contributed by atoms with Gasteiger partial charge >= 0.3 is 0 Å². The van der Waals surface area contributed by atoms with Gasteiger partial charge in [0.15, 0.2) is 0 Å². The molecule has 1 saturated heterocycles. The molecule has 1 amide bonds. The van der Waals surface area contributed by atoms with Crippen molar-refractivity contribution in [2.24, 2.45) is 13.0 Å². The van der Waals surface area contributed by atoms with Crippen molar-refractivity contribution >= 4 is 11.7 Å². The van der Waals surface area contributed by atoms with Crippen LogP contribution in [0.4, 0.5) is 5.82 Å². The summed E-state index contributed by atoms with van der Waals surface area (Å²) in [5.74, 6) is 0.841. The second-order valence-corrected chi connectivity index (χ2v) is 5.76. The largest absolute Gasteiger partial charge is 0.356 e. The zero-order valence-corrected chi connectivity index (χ0v) is 11.7. The van der Waals surface area contributed by atoms with Gasteiger partial charge in [-0.3, -0.25) is 9.59 Å². The van der Waals surface area contributed by atoms with Gasteiger partial charge in [0.1, 0.15) is 5.82 Å². The highest BCUT2D eigenvalue weighted by Gasteiger charge is 2.30. The quantitative estimate of drug-likeness (QED) is 0.861. The minimum atomic E-state index is -0.0699. The SMILES string of the molecule is Cn1cnc(N2CCCC(C(=O)NC3CC3)C2)cc1=O. The van der Waals surface area contributed by atoms with Crippen LogP contribution in [-0.4, -0.2) is 34.6 Å². The number of anilines is 1. The molecule has 1 aromatic heterocycles. The zero-order valence-electron chi connectivity index (χ0n) is 11.7. The predicted octanol–water partition coefficient (Wildman–Crippen LogP) is 0.275. The Balaban J connectivity index is 1.68. The van der Waals surface area contributed by atoms with E-state index in [2.05, 4.69) is 10.3 Å². The lowest BCUT2D eigenvalue weighted by Crippen LogP contribution is -2.44. The monoisotopic (exact) mass is 276 g/mol. The van der Waals surface area contributed by atoms with Gasteiger partial charge in [-0.1, -0.05) is 0 Å². The van der Waals surface area contributed by atoms with E-state index in [0.29, 0.717) is 18.4 Å². The molecular formula is C14H20N4O2. The molecule has 2 heterocycles. The first-order valence-corrected chi connectivity index (χ1v) is 7.21. The Morgan fingerprint density at radius 2 is 2.20 bits per heavy atom. The summed E-state index contributed by atoms with van der Waals surface area (Å²) in [5.41, 5.74) is -0.0699. The first-order valence-electron chi connectivity index (χ1n) is 7.21. The van der Waals surface area contributed by atoms with Gasteiger partial charge in [0.25, 0.3) is 5.56 Å². The van der Waals surface area contributed by atoms with Crippen molar-refractivity contribution in [1.82, 2.24) is 14.9 Å². The van der Waals surface area contributed by atoms with Gasteiger partial charge in [0, 0.05) is 32.2 Å². The van der Waals surface area contributed by atoms with E-state index in [0.717, 1.165) is 32.2 Å². The normalized spacial score (nSPS) is 22.6. The maximum absolute atomic E-state index is 12.1. The van der Waals surface area contributed by atoms with Crippen LogP contribution in [0.25, 0.3) is 0 Å². The maximum Gasteiger partial charge on any atom is 0.255 e. The average molecular weight is 276 g/mol. The van der Waals surface area contributed by atoms with Crippen LogP contribution < -0.4 is 15.8 Å². The van der Waals surface area contributed by atoms with Crippen molar-refractivity contribution in [3.8, 4) is 0 Å². The van der Waals surface area contributed by atoms with E-state index >= 15 is 0 Å². The lowest BCUT2D eigenvalue weighted by molar-refractivity contribution is -0.125. The zero-order chi connectivity index (χ0) is 14.1.